The Kier molecular flexibility index (Phi) is 5.53. The van der Waals surface area contributed by atoms with E-state index in [2.05, 4.69) is 15.5 Å². The van der Waals surface area contributed by atoms with Gasteiger partial charge in [-0.05, 0) is 12.1 Å². The predicted molar refractivity (Wildman–Crippen MR) is 88.2 cm³/mol. The summed E-state index contributed by atoms with van der Waals surface area (Å²) >= 11 is 13.1. The third kappa shape index (κ3) is 4.58. The van der Waals surface area contributed by atoms with E-state index in [1.165, 1.54) is 18.1 Å². The van der Waals surface area contributed by atoms with Crippen LogP contribution in [0.5, 0.6) is 0 Å². The highest BCUT2D eigenvalue weighted by molar-refractivity contribution is 7.99. The van der Waals surface area contributed by atoms with Crippen LogP contribution in [0.2, 0.25) is 10.0 Å². The summed E-state index contributed by atoms with van der Waals surface area (Å²) in [5.41, 5.74) is 0.115. The Hall–Kier alpha value is -1.33. The maximum atomic E-state index is 12.0. The summed E-state index contributed by atoms with van der Waals surface area (Å²) in [5, 5.41) is 15.6. The lowest BCUT2D eigenvalue weighted by molar-refractivity contribution is -0.113. The van der Waals surface area contributed by atoms with Crippen molar-refractivity contribution < 1.29 is 13.2 Å². The van der Waals surface area contributed by atoms with Crippen LogP contribution in [0.3, 0.4) is 0 Å². The van der Waals surface area contributed by atoms with Crippen LogP contribution in [-0.4, -0.2) is 34.8 Å². The van der Waals surface area contributed by atoms with E-state index in [1.807, 2.05) is 0 Å². The van der Waals surface area contributed by atoms with Crippen molar-refractivity contribution in [1.29, 1.82) is 0 Å². The number of rotatable bonds is 5. The average Bonchev–Trinajstić information content (AvgIpc) is 2.84. The predicted octanol–water partition coefficient (Wildman–Crippen LogP) is 1.50. The summed E-state index contributed by atoms with van der Waals surface area (Å²) in [4.78, 5) is 11.7. The fraction of sp³-hybridized carbons (Fsp3) is 0.182. The van der Waals surface area contributed by atoms with Crippen molar-refractivity contribution in [1.82, 2.24) is 14.8 Å². The molecule has 1 aromatic carbocycles. The van der Waals surface area contributed by atoms with Gasteiger partial charge in [0.05, 0.1) is 26.4 Å². The molecule has 0 saturated heterocycles. The molecule has 1 heterocycles. The first kappa shape index (κ1) is 18.0. The van der Waals surface area contributed by atoms with Crippen molar-refractivity contribution >= 4 is 56.6 Å². The largest absolute Gasteiger partial charge is 0.323 e. The topological polar surface area (TPSA) is 120 Å². The molecule has 0 bridgehead atoms. The lowest BCUT2D eigenvalue weighted by Gasteiger charge is -2.10. The van der Waals surface area contributed by atoms with Gasteiger partial charge < -0.3 is 9.88 Å². The number of nitrogens with zero attached hydrogens (tertiary/aromatic N) is 3. The molecule has 0 unspecified atom stereocenters. The molecule has 2 rings (SSSR count). The van der Waals surface area contributed by atoms with Crippen LogP contribution in [0.4, 0.5) is 5.69 Å². The normalized spacial score (nSPS) is 11.5. The number of thioether (sulfide) groups is 1. The number of benzene rings is 1. The molecule has 0 aliphatic carbocycles. The SMILES string of the molecule is Cn1cnnc1SCC(=O)Nc1c(Cl)cc(S(N)(=O)=O)cc1Cl. The van der Waals surface area contributed by atoms with Crippen LogP contribution in [0, 0.1) is 0 Å². The Morgan fingerprint density at radius 2 is 2.00 bits per heavy atom. The van der Waals surface area contributed by atoms with Gasteiger partial charge in [0.2, 0.25) is 15.9 Å². The summed E-state index contributed by atoms with van der Waals surface area (Å²) in [6.07, 6.45) is 1.51. The van der Waals surface area contributed by atoms with Crippen molar-refractivity contribution in [2.45, 2.75) is 10.1 Å². The number of nitrogens with two attached hydrogens (primary N) is 1. The number of sulfonamides is 1. The molecule has 1 aromatic heterocycles. The van der Waals surface area contributed by atoms with Gasteiger partial charge in [0, 0.05) is 7.05 Å². The summed E-state index contributed by atoms with van der Waals surface area (Å²) < 4.78 is 24.2. The minimum absolute atomic E-state index is 0.0291. The number of carbonyl (C=O) groups is 1. The number of aryl methyl sites for hydroxylation is 1. The molecule has 0 spiro atoms. The van der Waals surface area contributed by atoms with E-state index < -0.39 is 10.0 Å². The standard InChI is InChI=1S/C11H11Cl2N5O3S2/c1-18-5-15-17-11(18)22-4-9(19)16-10-7(12)2-6(3-8(10)13)23(14,20)21/h2-3,5H,4H2,1H3,(H,16,19)(H2,14,20,21). The molecule has 0 atom stereocenters. The molecule has 8 nitrogen and oxygen atoms in total. The Labute approximate surface area is 146 Å². The first-order chi connectivity index (χ1) is 10.7. The van der Waals surface area contributed by atoms with E-state index in [1.54, 1.807) is 11.6 Å². The van der Waals surface area contributed by atoms with Crippen LogP contribution in [0.15, 0.2) is 28.5 Å². The number of amides is 1. The van der Waals surface area contributed by atoms with E-state index in [4.69, 9.17) is 28.3 Å². The first-order valence-corrected chi connectivity index (χ1v) is 9.25. The number of anilines is 1. The molecular formula is C11H11Cl2N5O3S2. The zero-order valence-electron chi connectivity index (χ0n) is 11.7. The molecule has 23 heavy (non-hydrogen) atoms. The van der Waals surface area contributed by atoms with Gasteiger partial charge in [0.1, 0.15) is 6.33 Å². The van der Waals surface area contributed by atoms with Crippen molar-refractivity contribution in [3.05, 3.63) is 28.5 Å². The fourth-order valence-corrected chi connectivity index (χ4v) is 3.51. The monoisotopic (exact) mass is 395 g/mol. The average molecular weight is 396 g/mol. The Morgan fingerprint density at radius 3 is 2.48 bits per heavy atom. The summed E-state index contributed by atoms with van der Waals surface area (Å²) in [7, 11) is -2.19. The second-order valence-electron chi connectivity index (χ2n) is 4.37. The second kappa shape index (κ2) is 7.05. The minimum atomic E-state index is -3.94. The van der Waals surface area contributed by atoms with Crippen molar-refractivity contribution in [3.8, 4) is 0 Å². The molecule has 0 aliphatic heterocycles. The maximum Gasteiger partial charge on any atom is 0.238 e. The Bertz CT molecular complexity index is 830. The van der Waals surface area contributed by atoms with E-state index >= 15 is 0 Å². The van der Waals surface area contributed by atoms with Crippen molar-refractivity contribution in [2.24, 2.45) is 12.2 Å². The highest BCUT2D eigenvalue weighted by Gasteiger charge is 2.17. The minimum Gasteiger partial charge on any atom is -0.323 e. The van der Waals surface area contributed by atoms with Crippen LogP contribution in [-0.2, 0) is 21.9 Å². The van der Waals surface area contributed by atoms with Crippen molar-refractivity contribution in [2.75, 3.05) is 11.1 Å². The van der Waals surface area contributed by atoms with Gasteiger partial charge in [0.15, 0.2) is 5.16 Å². The maximum absolute atomic E-state index is 12.0. The van der Waals surface area contributed by atoms with E-state index in [0.29, 0.717) is 5.16 Å². The van der Waals surface area contributed by atoms with Gasteiger partial charge >= 0.3 is 0 Å². The third-order valence-corrected chi connectivity index (χ3v) is 5.13. The van der Waals surface area contributed by atoms with E-state index in [0.717, 1.165) is 12.1 Å². The van der Waals surface area contributed by atoms with Crippen LogP contribution in [0.1, 0.15) is 0 Å². The number of hydrogen-bond donors (Lipinski definition) is 2. The fourth-order valence-electron chi connectivity index (χ4n) is 1.54. The molecule has 0 fully saturated rings. The summed E-state index contributed by atoms with van der Waals surface area (Å²) in [6.45, 7) is 0. The van der Waals surface area contributed by atoms with Crippen LogP contribution in [0.25, 0.3) is 0 Å². The molecule has 12 heteroatoms. The van der Waals surface area contributed by atoms with E-state index in [-0.39, 0.29) is 32.3 Å². The number of nitrogens with one attached hydrogen (secondary N) is 1. The highest BCUT2D eigenvalue weighted by Crippen LogP contribution is 2.33. The Balaban J connectivity index is 2.11. The lowest BCUT2D eigenvalue weighted by atomic mass is 10.3. The van der Waals surface area contributed by atoms with Crippen molar-refractivity contribution in [3.63, 3.8) is 0 Å². The summed E-state index contributed by atoms with van der Waals surface area (Å²) in [5.74, 6) is -0.332. The van der Waals surface area contributed by atoms with Gasteiger partial charge in [-0.15, -0.1) is 10.2 Å². The number of primary sulfonamides is 1. The Morgan fingerprint density at radius 1 is 1.39 bits per heavy atom. The number of aromatic nitrogens is 3. The lowest BCUT2D eigenvalue weighted by Crippen LogP contribution is -2.16. The molecule has 0 saturated carbocycles. The quantitative estimate of drug-likeness (QED) is 0.739. The van der Waals surface area contributed by atoms with Gasteiger partial charge in [-0.25, -0.2) is 13.6 Å². The van der Waals surface area contributed by atoms with Gasteiger partial charge in [-0.2, -0.15) is 0 Å². The van der Waals surface area contributed by atoms with Crippen LogP contribution >= 0.6 is 35.0 Å². The molecule has 3 N–H and O–H groups in total. The smallest absolute Gasteiger partial charge is 0.238 e. The number of carbonyl (C=O) groups excluding carboxylic acids is 1. The molecule has 124 valence electrons. The summed E-state index contributed by atoms with van der Waals surface area (Å²) in [6, 6.07) is 2.24. The number of halogens is 2. The molecule has 1 amide bonds. The van der Waals surface area contributed by atoms with Gasteiger partial charge in [0.25, 0.3) is 0 Å². The van der Waals surface area contributed by atoms with E-state index in [9.17, 15) is 13.2 Å². The van der Waals surface area contributed by atoms with Gasteiger partial charge in [-0.1, -0.05) is 35.0 Å². The third-order valence-electron chi connectivity index (χ3n) is 2.61. The zero-order chi connectivity index (χ0) is 17.2. The molecule has 0 radical (unpaired) electrons. The van der Waals surface area contributed by atoms with Gasteiger partial charge in [-0.3, -0.25) is 4.79 Å². The van der Waals surface area contributed by atoms with Crippen LogP contribution < -0.4 is 10.5 Å². The molecular weight excluding hydrogens is 385 g/mol. The number of hydrogen-bond acceptors (Lipinski definition) is 6. The zero-order valence-corrected chi connectivity index (χ0v) is 14.8. The molecule has 2 aromatic rings. The molecule has 0 aliphatic rings. The first-order valence-electron chi connectivity index (χ1n) is 5.97. The second-order valence-corrected chi connectivity index (χ2v) is 7.69. The highest BCUT2D eigenvalue weighted by atomic mass is 35.5.